The summed E-state index contributed by atoms with van der Waals surface area (Å²) in [5, 5.41) is 9.88. The number of halogens is 1. The average molecular weight is 440 g/mol. The number of amides is 1. The standard InChI is InChI=1S/C24H26ClN3O3/c1-2-3-10-21(22(26)30)28-23(17-8-6-9-18(25)15-17)27-20-12-11-16(7-4-5-13-29)14-19(20)24(28)31/h4,6-9,11-12,14-15,21,29H,2-3,5,10,13H2,1H3,(H2,26,30)/b7-4+. The van der Waals surface area contributed by atoms with Gasteiger partial charge in [0.05, 0.1) is 10.9 Å². The molecular weight excluding hydrogens is 414 g/mol. The quantitative estimate of drug-likeness (QED) is 0.518. The first kappa shape index (κ1) is 22.7. The van der Waals surface area contributed by atoms with E-state index in [9.17, 15) is 9.59 Å². The Morgan fingerprint density at radius 1 is 1.29 bits per heavy atom. The summed E-state index contributed by atoms with van der Waals surface area (Å²) in [4.78, 5) is 30.7. The number of carbonyl (C=O) groups excluding carboxylic acids is 1. The first-order valence-corrected chi connectivity index (χ1v) is 10.7. The molecule has 0 aliphatic heterocycles. The molecule has 0 saturated carbocycles. The largest absolute Gasteiger partial charge is 0.396 e. The molecule has 3 N–H and O–H groups in total. The molecule has 1 unspecified atom stereocenters. The van der Waals surface area contributed by atoms with E-state index in [1.54, 1.807) is 36.4 Å². The number of hydrogen-bond donors (Lipinski definition) is 2. The summed E-state index contributed by atoms with van der Waals surface area (Å²) in [5.74, 6) is -0.206. The van der Waals surface area contributed by atoms with Crippen molar-refractivity contribution < 1.29 is 9.90 Å². The van der Waals surface area contributed by atoms with Crippen molar-refractivity contribution >= 4 is 34.5 Å². The van der Waals surface area contributed by atoms with Crippen LogP contribution in [0.4, 0.5) is 0 Å². The maximum Gasteiger partial charge on any atom is 0.262 e. The van der Waals surface area contributed by atoms with Crippen LogP contribution in [-0.2, 0) is 4.79 Å². The van der Waals surface area contributed by atoms with Gasteiger partial charge in [0.1, 0.15) is 11.9 Å². The highest BCUT2D eigenvalue weighted by Gasteiger charge is 2.24. The number of nitrogens with zero attached hydrogens (tertiary/aromatic N) is 2. The van der Waals surface area contributed by atoms with Crippen LogP contribution >= 0.6 is 11.6 Å². The van der Waals surface area contributed by atoms with Gasteiger partial charge in [-0.1, -0.05) is 61.7 Å². The molecular formula is C24H26ClN3O3. The first-order valence-electron chi connectivity index (χ1n) is 10.3. The second-order valence-corrected chi connectivity index (χ2v) is 7.81. The van der Waals surface area contributed by atoms with Crippen LogP contribution in [0.5, 0.6) is 0 Å². The van der Waals surface area contributed by atoms with E-state index in [-0.39, 0.29) is 12.2 Å². The van der Waals surface area contributed by atoms with Crippen LogP contribution in [0.15, 0.2) is 53.3 Å². The molecule has 1 heterocycles. The van der Waals surface area contributed by atoms with E-state index in [1.807, 2.05) is 25.1 Å². The van der Waals surface area contributed by atoms with Crippen LogP contribution in [-0.4, -0.2) is 27.2 Å². The fraction of sp³-hybridized carbons (Fsp3) is 0.292. The molecule has 162 valence electrons. The summed E-state index contributed by atoms with van der Waals surface area (Å²) in [6, 6.07) is 11.6. The lowest BCUT2D eigenvalue weighted by Crippen LogP contribution is -2.35. The monoisotopic (exact) mass is 439 g/mol. The highest BCUT2D eigenvalue weighted by atomic mass is 35.5. The number of hydrogen-bond acceptors (Lipinski definition) is 4. The van der Waals surface area contributed by atoms with E-state index in [0.29, 0.717) is 40.2 Å². The molecule has 3 aromatic rings. The van der Waals surface area contributed by atoms with Gasteiger partial charge in [-0.05, 0) is 42.7 Å². The van der Waals surface area contributed by atoms with Crippen molar-refractivity contribution in [3.63, 3.8) is 0 Å². The summed E-state index contributed by atoms with van der Waals surface area (Å²) in [6.45, 7) is 2.07. The number of fused-ring (bicyclic) bond motifs is 1. The van der Waals surface area contributed by atoms with E-state index >= 15 is 0 Å². The summed E-state index contributed by atoms with van der Waals surface area (Å²) >= 11 is 6.18. The molecule has 0 radical (unpaired) electrons. The van der Waals surface area contributed by atoms with Gasteiger partial charge in [-0.3, -0.25) is 14.2 Å². The number of primary amides is 1. The highest BCUT2D eigenvalue weighted by molar-refractivity contribution is 6.30. The Morgan fingerprint density at radius 2 is 2.10 bits per heavy atom. The van der Waals surface area contributed by atoms with Crippen molar-refractivity contribution in [3.05, 3.63) is 69.5 Å². The lowest BCUT2D eigenvalue weighted by atomic mass is 10.1. The van der Waals surface area contributed by atoms with Gasteiger partial charge in [0, 0.05) is 17.2 Å². The Bertz CT molecular complexity index is 1170. The van der Waals surface area contributed by atoms with E-state index in [0.717, 1.165) is 18.4 Å². The first-order chi connectivity index (χ1) is 15.0. The minimum Gasteiger partial charge on any atom is -0.396 e. The second kappa shape index (κ2) is 10.4. The van der Waals surface area contributed by atoms with E-state index in [4.69, 9.17) is 27.4 Å². The predicted octanol–water partition coefficient (Wildman–Crippen LogP) is 4.33. The van der Waals surface area contributed by atoms with Gasteiger partial charge in [-0.25, -0.2) is 4.98 Å². The number of rotatable bonds is 9. The molecule has 1 aromatic heterocycles. The SMILES string of the molecule is CCCCC(C(N)=O)n1c(-c2cccc(Cl)c2)nc2ccc(/C=C/CCO)cc2c1=O. The number of benzene rings is 2. The third-order valence-electron chi connectivity index (χ3n) is 5.08. The van der Waals surface area contributed by atoms with Gasteiger partial charge in [0.2, 0.25) is 5.91 Å². The van der Waals surface area contributed by atoms with Crippen molar-refractivity contribution in [1.29, 1.82) is 0 Å². The second-order valence-electron chi connectivity index (χ2n) is 7.37. The molecule has 7 heteroatoms. The molecule has 0 saturated heterocycles. The number of carbonyl (C=O) groups is 1. The minimum atomic E-state index is -0.813. The zero-order valence-corrected chi connectivity index (χ0v) is 18.2. The summed E-state index contributed by atoms with van der Waals surface area (Å²) in [5.41, 5.74) is 7.37. The number of aliphatic hydroxyl groups excluding tert-OH is 1. The topological polar surface area (TPSA) is 98.2 Å². The maximum atomic E-state index is 13.6. The fourth-order valence-electron chi connectivity index (χ4n) is 3.53. The molecule has 2 aromatic carbocycles. The lowest BCUT2D eigenvalue weighted by molar-refractivity contribution is -0.121. The average Bonchev–Trinajstić information content (AvgIpc) is 2.75. The zero-order valence-electron chi connectivity index (χ0n) is 17.4. The molecule has 6 nitrogen and oxygen atoms in total. The van der Waals surface area contributed by atoms with Crippen LogP contribution in [0.3, 0.4) is 0 Å². The smallest absolute Gasteiger partial charge is 0.262 e. The predicted molar refractivity (Wildman–Crippen MR) is 125 cm³/mol. The van der Waals surface area contributed by atoms with Crippen LogP contribution in [0.1, 0.15) is 44.2 Å². The van der Waals surface area contributed by atoms with Crippen LogP contribution < -0.4 is 11.3 Å². The van der Waals surface area contributed by atoms with Gasteiger partial charge in [0.15, 0.2) is 0 Å². The van der Waals surface area contributed by atoms with Crippen molar-refractivity contribution in [2.24, 2.45) is 5.73 Å². The lowest BCUT2D eigenvalue weighted by Gasteiger charge is -2.21. The number of aliphatic hydroxyl groups is 1. The van der Waals surface area contributed by atoms with Gasteiger partial charge in [-0.15, -0.1) is 0 Å². The fourth-order valence-corrected chi connectivity index (χ4v) is 3.72. The Hall–Kier alpha value is -2.96. The Balaban J connectivity index is 2.28. The van der Waals surface area contributed by atoms with Crippen molar-refractivity contribution in [2.45, 2.75) is 38.6 Å². The van der Waals surface area contributed by atoms with Crippen molar-refractivity contribution in [3.8, 4) is 11.4 Å². The Kier molecular flexibility index (Phi) is 7.60. The van der Waals surface area contributed by atoms with Crippen LogP contribution in [0, 0.1) is 0 Å². The van der Waals surface area contributed by atoms with Crippen molar-refractivity contribution in [2.75, 3.05) is 6.61 Å². The summed E-state index contributed by atoms with van der Waals surface area (Å²) < 4.78 is 1.41. The van der Waals surface area contributed by atoms with E-state index in [2.05, 4.69) is 0 Å². The van der Waals surface area contributed by atoms with Gasteiger partial charge < -0.3 is 10.8 Å². The molecule has 0 bridgehead atoms. The van der Waals surface area contributed by atoms with Gasteiger partial charge in [-0.2, -0.15) is 0 Å². The number of aromatic nitrogens is 2. The van der Waals surface area contributed by atoms with E-state index < -0.39 is 11.9 Å². The van der Waals surface area contributed by atoms with Gasteiger partial charge in [0.25, 0.3) is 5.56 Å². The molecule has 0 spiro atoms. The molecule has 1 amide bonds. The number of nitrogens with two attached hydrogens (primary N) is 1. The van der Waals surface area contributed by atoms with E-state index in [1.165, 1.54) is 4.57 Å². The Labute approximate surface area is 186 Å². The van der Waals surface area contributed by atoms with Crippen molar-refractivity contribution in [1.82, 2.24) is 9.55 Å². The molecule has 0 aliphatic rings. The summed E-state index contributed by atoms with van der Waals surface area (Å²) in [7, 11) is 0. The number of unbranched alkanes of at least 4 members (excludes halogenated alkanes) is 1. The highest BCUT2D eigenvalue weighted by Crippen LogP contribution is 2.27. The van der Waals surface area contributed by atoms with Crippen LogP contribution in [0.25, 0.3) is 28.4 Å². The van der Waals surface area contributed by atoms with Crippen LogP contribution in [0.2, 0.25) is 5.02 Å². The maximum absolute atomic E-state index is 13.6. The normalized spacial score (nSPS) is 12.5. The minimum absolute atomic E-state index is 0.0547. The molecule has 0 aliphatic carbocycles. The third-order valence-corrected chi connectivity index (χ3v) is 5.32. The molecule has 0 fully saturated rings. The zero-order chi connectivity index (χ0) is 22.4. The third kappa shape index (κ3) is 5.21. The van der Waals surface area contributed by atoms with Gasteiger partial charge >= 0.3 is 0 Å². The molecule has 1 atom stereocenters. The molecule has 31 heavy (non-hydrogen) atoms. The Morgan fingerprint density at radius 3 is 2.77 bits per heavy atom. The summed E-state index contributed by atoms with van der Waals surface area (Å²) in [6.07, 6.45) is 6.26. The molecule has 3 rings (SSSR count).